The van der Waals surface area contributed by atoms with Gasteiger partial charge in [-0.25, -0.2) is 59.8 Å². The first kappa shape index (κ1) is 42.7. The minimum Gasteiger partial charge on any atom is -0.223 e. The van der Waals surface area contributed by atoms with E-state index < -0.39 is 0 Å². The summed E-state index contributed by atoms with van der Waals surface area (Å²) >= 11 is 0. The standard InChI is InChI=1S/C60H42N12/c1-31-7-19-37(20-8-31)43-44(38-21-9-32(2)10-22-38)62-56-55(61-43)67-49-50(68-56)52-54(72-60-59(70-52)65-47(41-27-15-35(5)16-28-41)48(66-60)42-29-17-36(6)18-30-42)53-51(49)69-57-58(71-53)64-46(40-25-13-34(4)14-26-40)45(63-57)39-23-11-33(3)12-24-39/h7-30H,1-6H3. The van der Waals surface area contributed by atoms with Crippen LogP contribution in [-0.2, 0) is 0 Å². The van der Waals surface area contributed by atoms with Crippen LogP contribution in [0.25, 0.3) is 135 Å². The average Bonchev–Trinajstić information content (AvgIpc) is 3.40. The molecule has 0 aliphatic rings. The lowest BCUT2D eigenvalue weighted by Gasteiger charge is -2.14. The van der Waals surface area contributed by atoms with E-state index in [-0.39, 0.29) is 0 Å². The number of benzene rings is 7. The summed E-state index contributed by atoms with van der Waals surface area (Å²) < 4.78 is 0. The van der Waals surface area contributed by atoms with Crippen LogP contribution in [0.3, 0.4) is 0 Å². The highest BCUT2D eigenvalue weighted by Gasteiger charge is 2.25. The summed E-state index contributed by atoms with van der Waals surface area (Å²) in [6.45, 7) is 12.4. The van der Waals surface area contributed by atoms with Crippen molar-refractivity contribution in [1.29, 1.82) is 0 Å². The van der Waals surface area contributed by atoms with E-state index in [4.69, 9.17) is 59.8 Å². The molecule has 0 amide bonds. The molecule has 7 aromatic carbocycles. The third-order valence-corrected chi connectivity index (χ3v) is 13.2. The molecule has 6 aromatic heterocycles. The molecule has 0 aliphatic carbocycles. The molecule has 72 heavy (non-hydrogen) atoms. The SMILES string of the molecule is Cc1ccc(-c2nc3nc4c5nc6nc(-c7ccc(C)cc7)c(-c7ccc(C)cc7)nc6nc5c5nc6nc(-c7ccc(C)cc7)c(-c7ccc(C)cc7)nc6nc5c4nc3nc2-c2ccc(C)cc2)cc1. The lowest BCUT2D eigenvalue weighted by Crippen LogP contribution is -2.05. The smallest absolute Gasteiger partial charge is 0.199 e. The number of aryl methyl sites for hydroxylation is 6. The number of aromatic nitrogens is 12. The highest BCUT2D eigenvalue weighted by Crippen LogP contribution is 2.38. The van der Waals surface area contributed by atoms with Crippen molar-refractivity contribution >= 4 is 67.0 Å². The summed E-state index contributed by atoms with van der Waals surface area (Å²) in [6, 6.07) is 49.6. The van der Waals surface area contributed by atoms with Crippen molar-refractivity contribution in [2.45, 2.75) is 41.5 Å². The molecule has 12 nitrogen and oxygen atoms in total. The van der Waals surface area contributed by atoms with Crippen LogP contribution in [0.1, 0.15) is 33.4 Å². The van der Waals surface area contributed by atoms with Gasteiger partial charge in [0.15, 0.2) is 33.9 Å². The molecule has 0 unspecified atom stereocenters. The van der Waals surface area contributed by atoms with Crippen LogP contribution in [0.15, 0.2) is 146 Å². The Hall–Kier alpha value is -9.42. The molecule has 12 heteroatoms. The van der Waals surface area contributed by atoms with Gasteiger partial charge in [0.1, 0.15) is 33.1 Å². The highest BCUT2D eigenvalue weighted by molar-refractivity contribution is 6.20. The van der Waals surface area contributed by atoms with Gasteiger partial charge in [0.05, 0.1) is 34.2 Å². The van der Waals surface area contributed by atoms with E-state index in [1.54, 1.807) is 0 Å². The fraction of sp³-hybridized carbons (Fsp3) is 0.100. The number of rotatable bonds is 6. The van der Waals surface area contributed by atoms with Gasteiger partial charge in [-0.1, -0.05) is 179 Å². The summed E-state index contributed by atoms with van der Waals surface area (Å²) in [5.74, 6) is 0. The van der Waals surface area contributed by atoms with Crippen LogP contribution in [0.2, 0.25) is 0 Å². The van der Waals surface area contributed by atoms with Gasteiger partial charge in [0, 0.05) is 33.4 Å². The Labute approximate surface area is 413 Å². The van der Waals surface area contributed by atoms with Crippen LogP contribution < -0.4 is 0 Å². The van der Waals surface area contributed by atoms with E-state index in [9.17, 15) is 0 Å². The molecule has 0 fully saturated rings. The monoisotopic (exact) mass is 930 g/mol. The number of hydrogen-bond acceptors (Lipinski definition) is 12. The van der Waals surface area contributed by atoms with Gasteiger partial charge >= 0.3 is 0 Å². The maximum Gasteiger partial charge on any atom is 0.199 e. The van der Waals surface area contributed by atoms with Gasteiger partial charge in [-0.3, -0.25) is 0 Å². The highest BCUT2D eigenvalue weighted by atomic mass is 15.1. The molecule has 13 rings (SSSR count). The first-order valence-corrected chi connectivity index (χ1v) is 23.8. The van der Waals surface area contributed by atoms with Gasteiger partial charge in [-0.2, -0.15) is 0 Å². The predicted molar refractivity (Wildman–Crippen MR) is 286 cm³/mol. The first-order chi connectivity index (χ1) is 35.1. The Bertz CT molecular complexity index is 3570. The van der Waals surface area contributed by atoms with Crippen LogP contribution in [-0.4, -0.2) is 59.8 Å². The zero-order valence-electron chi connectivity index (χ0n) is 40.2. The van der Waals surface area contributed by atoms with Crippen LogP contribution in [0, 0.1) is 41.5 Å². The first-order valence-electron chi connectivity index (χ1n) is 23.8. The third-order valence-electron chi connectivity index (χ3n) is 13.2. The van der Waals surface area contributed by atoms with Gasteiger partial charge in [-0.05, 0) is 41.5 Å². The minimum absolute atomic E-state index is 0.329. The summed E-state index contributed by atoms with van der Waals surface area (Å²) in [7, 11) is 0. The topological polar surface area (TPSA) is 155 Å². The Morgan fingerprint density at radius 3 is 0.417 bits per heavy atom. The molecule has 0 aliphatic heterocycles. The van der Waals surface area contributed by atoms with E-state index in [0.29, 0.717) is 101 Å². The van der Waals surface area contributed by atoms with Gasteiger partial charge < -0.3 is 0 Å². The summed E-state index contributed by atoms with van der Waals surface area (Å²) in [5.41, 5.74) is 20.7. The predicted octanol–water partition coefficient (Wildman–Crippen LogP) is 13.2. The minimum atomic E-state index is 0.329. The van der Waals surface area contributed by atoms with Crippen LogP contribution >= 0.6 is 0 Å². The molecular weight excluding hydrogens is 889 g/mol. The molecule has 0 saturated carbocycles. The van der Waals surface area contributed by atoms with E-state index in [1.807, 2.05) is 0 Å². The van der Waals surface area contributed by atoms with Crippen molar-refractivity contribution in [3.63, 3.8) is 0 Å². The second kappa shape index (κ2) is 16.6. The molecule has 0 spiro atoms. The van der Waals surface area contributed by atoms with Gasteiger partial charge in [-0.15, -0.1) is 0 Å². The molecule has 342 valence electrons. The molecule has 0 saturated heterocycles. The Kier molecular flexibility index (Phi) is 9.85. The Morgan fingerprint density at radius 2 is 0.292 bits per heavy atom. The summed E-state index contributed by atoms with van der Waals surface area (Å²) in [4.78, 5) is 63.4. The number of hydrogen-bond donors (Lipinski definition) is 0. The quantitative estimate of drug-likeness (QED) is 0.115. The Morgan fingerprint density at radius 1 is 0.167 bits per heavy atom. The van der Waals surface area contributed by atoms with E-state index >= 15 is 0 Å². The molecule has 13 aromatic rings. The maximum absolute atomic E-state index is 5.30. The second-order valence-electron chi connectivity index (χ2n) is 18.7. The molecule has 0 N–H and O–H groups in total. The van der Waals surface area contributed by atoms with Gasteiger partial charge in [0.25, 0.3) is 0 Å². The van der Waals surface area contributed by atoms with Crippen molar-refractivity contribution in [3.8, 4) is 67.5 Å². The van der Waals surface area contributed by atoms with Crippen molar-refractivity contribution in [1.82, 2.24) is 59.8 Å². The maximum atomic E-state index is 5.30. The third kappa shape index (κ3) is 7.39. The largest absolute Gasteiger partial charge is 0.223 e. The second-order valence-corrected chi connectivity index (χ2v) is 18.7. The van der Waals surface area contributed by atoms with E-state index in [2.05, 4.69) is 187 Å². The normalized spacial score (nSPS) is 11.8. The lowest BCUT2D eigenvalue weighted by molar-refractivity contribution is 1.18. The molecular formula is C60H42N12. The lowest BCUT2D eigenvalue weighted by atomic mass is 10.0. The average molecular weight is 931 g/mol. The van der Waals surface area contributed by atoms with Gasteiger partial charge in [0.2, 0.25) is 0 Å². The van der Waals surface area contributed by atoms with Crippen molar-refractivity contribution < 1.29 is 0 Å². The van der Waals surface area contributed by atoms with Crippen molar-refractivity contribution in [3.05, 3.63) is 179 Å². The molecule has 0 bridgehead atoms. The summed E-state index contributed by atoms with van der Waals surface area (Å²) in [6.07, 6.45) is 0. The summed E-state index contributed by atoms with van der Waals surface area (Å²) in [5, 5.41) is 0. The fourth-order valence-electron chi connectivity index (χ4n) is 9.12. The van der Waals surface area contributed by atoms with E-state index in [0.717, 1.165) is 66.8 Å². The fourth-order valence-corrected chi connectivity index (χ4v) is 9.12. The molecule has 0 atom stereocenters. The zero-order chi connectivity index (χ0) is 48.8. The number of fused-ring (bicyclic) bond motifs is 9. The molecule has 0 radical (unpaired) electrons. The zero-order valence-corrected chi connectivity index (χ0v) is 40.2. The number of nitrogens with zero attached hydrogens (tertiary/aromatic N) is 12. The van der Waals surface area contributed by atoms with Crippen LogP contribution in [0.4, 0.5) is 0 Å². The van der Waals surface area contributed by atoms with Crippen molar-refractivity contribution in [2.24, 2.45) is 0 Å². The van der Waals surface area contributed by atoms with E-state index in [1.165, 1.54) is 0 Å². The molecule has 6 heterocycles. The van der Waals surface area contributed by atoms with Crippen molar-refractivity contribution in [2.75, 3.05) is 0 Å². The van der Waals surface area contributed by atoms with Crippen LogP contribution in [0.5, 0.6) is 0 Å². The Balaban J connectivity index is 1.15.